The number of benzene rings is 1. The zero-order valence-electron chi connectivity index (χ0n) is 11.9. The number of carbonyl (C=O) groups excluding carboxylic acids is 2. The number of rotatable bonds is 8. The molecule has 1 aromatic rings. The van der Waals surface area contributed by atoms with Gasteiger partial charge >= 0.3 is 0 Å². The highest BCUT2D eigenvalue weighted by Crippen LogP contribution is 2.14. The van der Waals surface area contributed by atoms with Gasteiger partial charge in [0.2, 0.25) is 11.8 Å². The van der Waals surface area contributed by atoms with Gasteiger partial charge in [0.25, 0.3) is 0 Å². The number of nitrogens with one attached hydrogen (secondary N) is 3. The largest absolute Gasteiger partial charge is 0.383 e. The van der Waals surface area contributed by atoms with Gasteiger partial charge in [-0.25, -0.2) is 0 Å². The summed E-state index contributed by atoms with van der Waals surface area (Å²) in [6.07, 6.45) is 0. The number of amides is 2. The van der Waals surface area contributed by atoms with Crippen LogP contribution in [0.25, 0.3) is 0 Å². The molecule has 0 aliphatic rings. The molecule has 0 atom stereocenters. The second kappa shape index (κ2) is 9.06. The summed E-state index contributed by atoms with van der Waals surface area (Å²) in [5, 5.41) is 8.52. The molecular formula is C14H21N3O3. The van der Waals surface area contributed by atoms with Crippen molar-refractivity contribution in [1.29, 1.82) is 0 Å². The average molecular weight is 279 g/mol. The molecule has 1 rings (SSSR count). The molecule has 0 radical (unpaired) electrons. The summed E-state index contributed by atoms with van der Waals surface area (Å²) >= 11 is 0. The number of carbonyl (C=O) groups is 2. The molecule has 0 heterocycles. The Hall–Kier alpha value is -1.92. The van der Waals surface area contributed by atoms with Crippen molar-refractivity contribution in [2.24, 2.45) is 0 Å². The Balaban J connectivity index is 2.38. The Morgan fingerprint density at radius 2 is 2.00 bits per heavy atom. The van der Waals surface area contributed by atoms with Gasteiger partial charge in [-0.1, -0.05) is 18.2 Å². The molecule has 0 spiro atoms. The zero-order valence-corrected chi connectivity index (χ0v) is 11.9. The fourth-order valence-electron chi connectivity index (χ4n) is 1.65. The van der Waals surface area contributed by atoms with Crippen LogP contribution in [0.4, 0.5) is 5.69 Å². The zero-order chi connectivity index (χ0) is 14.8. The van der Waals surface area contributed by atoms with Crippen LogP contribution in [-0.4, -0.2) is 38.6 Å². The highest BCUT2D eigenvalue weighted by molar-refractivity contribution is 5.89. The van der Waals surface area contributed by atoms with E-state index in [1.165, 1.54) is 6.92 Å². The van der Waals surface area contributed by atoms with Gasteiger partial charge in [0, 0.05) is 32.8 Å². The number of ether oxygens (including phenoxy) is 1. The first-order chi connectivity index (χ1) is 9.63. The van der Waals surface area contributed by atoms with Gasteiger partial charge in [0.1, 0.15) is 0 Å². The van der Waals surface area contributed by atoms with Gasteiger partial charge in [0.15, 0.2) is 0 Å². The highest BCUT2D eigenvalue weighted by atomic mass is 16.5. The van der Waals surface area contributed by atoms with Crippen LogP contribution in [0, 0.1) is 0 Å². The summed E-state index contributed by atoms with van der Waals surface area (Å²) in [6, 6.07) is 7.48. The highest BCUT2D eigenvalue weighted by Gasteiger charge is 2.04. The lowest BCUT2D eigenvalue weighted by atomic mass is 10.1. The molecule has 0 saturated heterocycles. The SMILES string of the molecule is COCCNC(=O)CNCc1ccccc1NC(C)=O. The first-order valence-electron chi connectivity index (χ1n) is 6.45. The van der Waals surface area contributed by atoms with E-state index in [1.807, 2.05) is 24.3 Å². The van der Waals surface area contributed by atoms with Crippen LogP contribution in [0.2, 0.25) is 0 Å². The molecule has 20 heavy (non-hydrogen) atoms. The third-order valence-electron chi connectivity index (χ3n) is 2.56. The molecule has 6 heteroatoms. The molecule has 0 aliphatic carbocycles. The van der Waals surface area contributed by atoms with Crippen molar-refractivity contribution in [3.8, 4) is 0 Å². The third kappa shape index (κ3) is 6.31. The van der Waals surface area contributed by atoms with E-state index >= 15 is 0 Å². The number of methoxy groups -OCH3 is 1. The predicted molar refractivity (Wildman–Crippen MR) is 77.3 cm³/mol. The second-order valence-corrected chi connectivity index (χ2v) is 4.28. The summed E-state index contributed by atoms with van der Waals surface area (Å²) in [7, 11) is 1.59. The molecule has 0 saturated carbocycles. The molecule has 1 aromatic carbocycles. The summed E-state index contributed by atoms with van der Waals surface area (Å²) in [6.45, 7) is 3.19. The number of para-hydroxylation sites is 1. The van der Waals surface area contributed by atoms with E-state index in [-0.39, 0.29) is 18.4 Å². The van der Waals surface area contributed by atoms with Crippen LogP contribution >= 0.6 is 0 Å². The maximum atomic E-state index is 11.5. The lowest BCUT2D eigenvalue weighted by Gasteiger charge is -2.11. The molecule has 0 unspecified atom stereocenters. The van der Waals surface area contributed by atoms with Gasteiger partial charge in [-0.3, -0.25) is 9.59 Å². The Labute approximate surface area is 118 Å². The van der Waals surface area contributed by atoms with E-state index in [9.17, 15) is 9.59 Å². The molecular weight excluding hydrogens is 258 g/mol. The van der Waals surface area contributed by atoms with Crippen LogP contribution in [0.1, 0.15) is 12.5 Å². The van der Waals surface area contributed by atoms with Gasteiger partial charge in [-0.05, 0) is 11.6 Å². The van der Waals surface area contributed by atoms with Crippen LogP contribution in [-0.2, 0) is 20.9 Å². The minimum absolute atomic E-state index is 0.0842. The molecule has 2 amide bonds. The van der Waals surface area contributed by atoms with Crippen molar-refractivity contribution in [3.05, 3.63) is 29.8 Å². The maximum absolute atomic E-state index is 11.5. The summed E-state index contributed by atoms with van der Waals surface area (Å²) < 4.78 is 4.84. The number of hydrogen-bond donors (Lipinski definition) is 3. The maximum Gasteiger partial charge on any atom is 0.234 e. The summed E-state index contributed by atoms with van der Waals surface area (Å²) in [5.41, 5.74) is 1.69. The normalized spacial score (nSPS) is 10.1. The van der Waals surface area contributed by atoms with Gasteiger partial charge in [-0.15, -0.1) is 0 Å². The van der Waals surface area contributed by atoms with Crippen molar-refractivity contribution in [2.45, 2.75) is 13.5 Å². The predicted octanol–water partition coefficient (Wildman–Crippen LogP) is 0.497. The molecule has 6 nitrogen and oxygen atoms in total. The van der Waals surface area contributed by atoms with Crippen LogP contribution in [0.3, 0.4) is 0 Å². The molecule has 0 fully saturated rings. The third-order valence-corrected chi connectivity index (χ3v) is 2.56. The van der Waals surface area contributed by atoms with Crippen molar-refractivity contribution in [3.63, 3.8) is 0 Å². The number of hydrogen-bond acceptors (Lipinski definition) is 4. The topological polar surface area (TPSA) is 79.5 Å². The van der Waals surface area contributed by atoms with Crippen molar-refractivity contribution >= 4 is 17.5 Å². The summed E-state index contributed by atoms with van der Waals surface area (Å²) in [4.78, 5) is 22.6. The van der Waals surface area contributed by atoms with Crippen molar-refractivity contribution in [2.75, 3.05) is 32.1 Å². The van der Waals surface area contributed by atoms with E-state index in [0.717, 1.165) is 11.3 Å². The van der Waals surface area contributed by atoms with Gasteiger partial charge < -0.3 is 20.7 Å². The Morgan fingerprint density at radius 3 is 2.70 bits per heavy atom. The Kier molecular flexibility index (Phi) is 7.31. The number of anilines is 1. The standard InChI is InChI=1S/C14H21N3O3/c1-11(18)17-13-6-4-3-5-12(13)9-15-10-14(19)16-7-8-20-2/h3-6,15H,7-10H2,1-2H3,(H,16,19)(H,17,18). The lowest BCUT2D eigenvalue weighted by molar-refractivity contribution is -0.120. The van der Waals surface area contributed by atoms with Crippen LogP contribution in [0.5, 0.6) is 0 Å². The average Bonchev–Trinajstić information content (AvgIpc) is 2.40. The molecule has 110 valence electrons. The van der Waals surface area contributed by atoms with Crippen molar-refractivity contribution in [1.82, 2.24) is 10.6 Å². The fourth-order valence-corrected chi connectivity index (χ4v) is 1.65. The molecule has 0 aromatic heterocycles. The van der Waals surface area contributed by atoms with Gasteiger partial charge in [0.05, 0.1) is 13.2 Å². The fraction of sp³-hybridized carbons (Fsp3) is 0.429. The minimum atomic E-state index is -0.116. The lowest BCUT2D eigenvalue weighted by Crippen LogP contribution is -2.35. The van der Waals surface area contributed by atoms with Crippen molar-refractivity contribution < 1.29 is 14.3 Å². The minimum Gasteiger partial charge on any atom is -0.383 e. The van der Waals surface area contributed by atoms with E-state index < -0.39 is 0 Å². The second-order valence-electron chi connectivity index (χ2n) is 4.28. The first kappa shape index (κ1) is 16.1. The van der Waals surface area contributed by atoms with E-state index in [0.29, 0.717) is 19.7 Å². The molecule has 0 bridgehead atoms. The molecule has 3 N–H and O–H groups in total. The Morgan fingerprint density at radius 1 is 1.25 bits per heavy atom. The van der Waals surface area contributed by atoms with E-state index in [1.54, 1.807) is 7.11 Å². The molecule has 0 aliphatic heterocycles. The van der Waals surface area contributed by atoms with Crippen LogP contribution < -0.4 is 16.0 Å². The quantitative estimate of drug-likeness (QED) is 0.605. The smallest absolute Gasteiger partial charge is 0.234 e. The van der Waals surface area contributed by atoms with E-state index in [4.69, 9.17) is 4.74 Å². The summed E-state index contributed by atoms with van der Waals surface area (Å²) in [5.74, 6) is -0.200. The first-order valence-corrected chi connectivity index (χ1v) is 6.45. The monoisotopic (exact) mass is 279 g/mol. The Bertz CT molecular complexity index is 449. The van der Waals surface area contributed by atoms with E-state index in [2.05, 4.69) is 16.0 Å². The van der Waals surface area contributed by atoms with Gasteiger partial charge in [-0.2, -0.15) is 0 Å². The van der Waals surface area contributed by atoms with Crippen LogP contribution in [0.15, 0.2) is 24.3 Å².